The molecule has 0 fully saturated rings. The summed E-state index contributed by atoms with van der Waals surface area (Å²) in [6, 6.07) is 5.59. The molecule has 7 heteroatoms. The van der Waals surface area contributed by atoms with Crippen LogP contribution in [0, 0.1) is 23.3 Å². The number of hydrogen-bond donors (Lipinski definition) is 2. The first-order valence-corrected chi connectivity index (χ1v) is 6.90. The molecule has 1 atom stereocenters. The average Bonchev–Trinajstić information content (AvgIpc) is 2.48. The molecular formula is C16H15F4N2O+. The van der Waals surface area contributed by atoms with E-state index in [0.29, 0.717) is 6.07 Å². The number of carbonyl (C=O) groups is 1. The summed E-state index contributed by atoms with van der Waals surface area (Å²) in [4.78, 5) is 11.8. The Labute approximate surface area is 130 Å². The number of nitrogens with two attached hydrogens (primary N) is 1. The SMILES string of the molecule is C[C@@H]([NH2+]CC(=O)Nc1ccc(F)cc1F)c1ccc(F)cc1F. The van der Waals surface area contributed by atoms with Crippen molar-refractivity contribution in [3.8, 4) is 0 Å². The first kappa shape index (κ1) is 17.0. The van der Waals surface area contributed by atoms with E-state index in [0.717, 1.165) is 24.3 Å². The molecule has 2 rings (SSSR count). The molecule has 122 valence electrons. The van der Waals surface area contributed by atoms with Gasteiger partial charge in [-0.2, -0.15) is 0 Å². The van der Waals surface area contributed by atoms with Gasteiger partial charge in [-0.05, 0) is 31.2 Å². The molecule has 0 radical (unpaired) electrons. The fourth-order valence-electron chi connectivity index (χ4n) is 2.07. The minimum atomic E-state index is -0.879. The van der Waals surface area contributed by atoms with Gasteiger partial charge < -0.3 is 10.6 Å². The van der Waals surface area contributed by atoms with Gasteiger partial charge >= 0.3 is 0 Å². The second-order valence-electron chi connectivity index (χ2n) is 5.07. The van der Waals surface area contributed by atoms with E-state index in [-0.39, 0.29) is 17.8 Å². The maximum Gasteiger partial charge on any atom is 0.279 e. The van der Waals surface area contributed by atoms with Gasteiger partial charge in [0.1, 0.15) is 29.3 Å². The normalized spacial score (nSPS) is 12.0. The minimum Gasteiger partial charge on any atom is -0.332 e. The molecule has 3 N–H and O–H groups in total. The van der Waals surface area contributed by atoms with Crippen LogP contribution in [0.25, 0.3) is 0 Å². The van der Waals surface area contributed by atoms with Crippen molar-refractivity contribution in [1.29, 1.82) is 0 Å². The number of rotatable bonds is 5. The van der Waals surface area contributed by atoms with Crippen LogP contribution in [0.2, 0.25) is 0 Å². The molecular weight excluding hydrogens is 312 g/mol. The fourth-order valence-corrected chi connectivity index (χ4v) is 2.07. The highest BCUT2D eigenvalue weighted by atomic mass is 19.1. The zero-order valence-corrected chi connectivity index (χ0v) is 12.2. The van der Waals surface area contributed by atoms with Gasteiger partial charge in [-0.25, -0.2) is 17.6 Å². The van der Waals surface area contributed by atoms with Crippen molar-refractivity contribution < 1.29 is 27.7 Å². The number of anilines is 1. The maximum absolute atomic E-state index is 13.6. The number of hydrogen-bond acceptors (Lipinski definition) is 1. The predicted molar refractivity (Wildman–Crippen MR) is 76.6 cm³/mol. The predicted octanol–water partition coefficient (Wildman–Crippen LogP) is 2.51. The third-order valence-electron chi connectivity index (χ3n) is 3.32. The lowest BCUT2D eigenvalue weighted by Crippen LogP contribution is -2.86. The molecule has 3 nitrogen and oxygen atoms in total. The molecule has 0 heterocycles. The first-order valence-electron chi connectivity index (χ1n) is 6.90. The van der Waals surface area contributed by atoms with Gasteiger partial charge in [0.15, 0.2) is 6.54 Å². The highest BCUT2D eigenvalue weighted by molar-refractivity contribution is 5.91. The lowest BCUT2D eigenvalue weighted by Gasteiger charge is -2.12. The van der Waals surface area contributed by atoms with Crippen molar-refractivity contribution in [2.24, 2.45) is 0 Å². The molecule has 0 spiro atoms. The van der Waals surface area contributed by atoms with Gasteiger partial charge in [-0.3, -0.25) is 4.79 Å². The van der Waals surface area contributed by atoms with Crippen molar-refractivity contribution >= 4 is 11.6 Å². The summed E-state index contributed by atoms with van der Waals surface area (Å²) in [5, 5.41) is 3.82. The molecule has 23 heavy (non-hydrogen) atoms. The maximum atomic E-state index is 13.6. The van der Waals surface area contributed by atoms with E-state index in [1.165, 1.54) is 11.4 Å². The van der Waals surface area contributed by atoms with Crippen LogP contribution in [0.5, 0.6) is 0 Å². The Balaban J connectivity index is 1.93. The quantitative estimate of drug-likeness (QED) is 0.815. The Bertz CT molecular complexity index is 721. The summed E-state index contributed by atoms with van der Waals surface area (Å²) in [5.74, 6) is -3.52. The standard InChI is InChI=1S/C16H14F4N2O/c1-9(12-4-2-10(17)6-13(12)19)21-8-16(23)22-15-5-3-11(18)7-14(15)20/h2-7,9,21H,8H2,1H3,(H,22,23)/p+1/t9-/m1/s1. The van der Waals surface area contributed by atoms with Crippen LogP contribution < -0.4 is 10.6 Å². The number of amides is 1. The monoisotopic (exact) mass is 327 g/mol. The zero-order chi connectivity index (χ0) is 17.0. The van der Waals surface area contributed by atoms with Crippen LogP contribution in [-0.4, -0.2) is 12.5 Å². The molecule has 0 aromatic heterocycles. The van der Waals surface area contributed by atoms with Crippen molar-refractivity contribution in [3.05, 3.63) is 65.2 Å². The minimum absolute atomic E-state index is 0.102. The van der Waals surface area contributed by atoms with E-state index in [1.807, 2.05) is 0 Å². The molecule has 0 unspecified atom stereocenters. The molecule has 1 amide bonds. The van der Waals surface area contributed by atoms with Crippen molar-refractivity contribution in [1.82, 2.24) is 0 Å². The number of quaternary nitrogens is 1. The Kier molecular flexibility index (Phi) is 5.33. The van der Waals surface area contributed by atoms with Gasteiger partial charge in [0.05, 0.1) is 5.69 Å². The van der Waals surface area contributed by atoms with Gasteiger partial charge in [-0.1, -0.05) is 0 Å². The van der Waals surface area contributed by atoms with Crippen molar-refractivity contribution in [2.75, 3.05) is 11.9 Å². The Hall–Kier alpha value is -2.41. The molecule has 0 aliphatic heterocycles. The van der Waals surface area contributed by atoms with E-state index in [4.69, 9.17) is 0 Å². The van der Waals surface area contributed by atoms with Gasteiger partial charge in [0.25, 0.3) is 5.91 Å². The van der Waals surface area contributed by atoms with E-state index in [9.17, 15) is 22.4 Å². The van der Waals surface area contributed by atoms with Crippen LogP contribution >= 0.6 is 0 Å². The van der Waals surface area contributed by atoms with Crippen molar-refractivity contribution in [3.63, 3.8) is 0 Å². The third-order valence-corrected chi connectivity index (χ3v) is 3.32. The molecule has 2 aromatic rings. The largest absolute Gasteiger partial charge is 0.332 e. The highest BCUT2D eigenvalue weighted by Crippen LogP contribution is 2.15. The second kappa shape index (κ2) is 7.23. The molecule has 0 aliphatic carbocycles. The molecule has 2 aromatic carbocycles. The molecule has 0 bridgehead atoms. The lowest BCUT2D eigenvalue weighted by atomic mass is 10.1. The summed E-state index contributed by atoms with van der Waals surface area (Å²) in [7, 11) is 0. The van der Waals surface area contributed by atoms with E-state index in [1.54, 1.807) is 6.92 Å². The number of nitrogens with one attached hydrogen (secondary N) is 1. The van der Waals surface area contributed by atoms with E-state index in [2.05, 4.69) is 5.32 Å². The topological polar surface area (TPSA) is 45.7 Å². The zero-order valence-electron chi connectivity index (χ0n) is 12.2. The van der Waals surface area contributed by atoms with E-state index >= 15 is 0 Å². The smallest absolute Gasteiger partial charge is 0.279 e. The second-order valence-corrected chi connectivity index (χ2v) is 5.07. The number of benzene rings is 2. The van der Waals surface area contributed by atoms with Crippen LogP contribution in [0.15, 0.2) is 36.4 Å². The summed E-state index contributed by atoms with van der Waals surface area (Å²) in [6.45, 7) is 1.55. The Morgan fingerprint density at radius 2 is 1.65 bits per heavy atom. The summed E-state index contributed by atoms with van der Waals surface area (Å²) >= 11 is 0. The average molecular weight is 327 g/mol. The Morgan fingerprint density at radius 3 is 2.26 bits per heavy atom. The first-order chi connectivity index (χ1) is 10.9. The summed E-state index contributed by atoms with van der Waals surface area (Å²) in [6.07, 6.45) is 0. The molecule has 0 aliphatic rings. The van der Waals surface area contributed by atoms with Crippen molar-refractivity contribution in [2.45, 2.75) is 13.0 Å². The van der Waals surface area contributed by atoms with E-state index < -0.39 is 35.2 Å². The van der Waals surface area contributed by atoms with Crippen LogP contribution in [-0.2, 0) is 4.79 Å². The fraction of sp³-hybridized carbons (Fsp3) is 0.188. The van der Waals surface area contributed by atoms with Crippen LogP contribution in [0.3, 0.4) is 0 Å². The van der Waals surface area contributed by atoms with Gasteiger partial charge in [0.2, 0.25) is 0 Å². The van der Waals surface area contributed by atoms with Gasteiger partial charge in [-0.15, -0.1) is 0 Å². The van der Waals surface area contributed by atoms with Crippen LogP contribution in [0.4, 0.5) is 23.2 Å². The third kappa shape index (κ3) is 4.53. The van der Waals surface area contributed by atoms with Gasteiger partial charge in [0, 0.05) is 17.7 Å². The molecule has 0 saturated carbocycles. The van der Waals surface area contributed by atoms with Crippen LogP contribution in [0.1, 0.15) is 18.5 Å². The summed E-state index contributed by atoms with van der Waals surface area (Å²) in [5.41, 5.74) is 0.123. The summed E-state index contributed by atoms with van der Waals surface area (Å²) < 4.78 is 52.7. The number of carbonyl (C=O) groups excluding carboxylic acids is 1. The highest BCUT2D eigenvalue weighted by Gasteiger charge is 2.16. The Morgan fingerprint density at radius 1 is 1.04 bits per heavy atom. The number of halogens is 4. The molecule has 0 saturated heterocycles. The lowest BCUT2D eigenvalue weighted by molar-refractivity contribution is -0.682.